The van der Waals surface area contributed by atoms with Crippen molar-refractivity contribution in [3.8, 4) is 5.75 Å². The fraction of sp³-hybridized carbons (Fsp3) is 0.333. The molecule has 2 aromatic carbocycles. The molecule has 0 saturated carbocycles. The molecule has 1 aliphatic rings. The molecule has 1 unspecified atom stereocenters. The van der Waals surface area contributed by atoms with E-state index in [1.165, 1.54) is 7.11 Å². The number of furan rings is 1. The smallest absolute Gasteiger partial charge is 0.290 e. The van der Waals surface area contributed by atoms with Gasteiger partial charge < -0.3 is 24.1 Å². The van der Waals surface area contributed by atoms with Gasteiger partial charge in [-0.1, -0.05) is 43.3 Å². The highest BCUT2D eigenvalue weighted by atomic mass is 16.5. The lowest BCUT2D eigenvalue weighted by atomic mass is 9.94. The minimum absolute atomic E-state index is 0.0390. The van der Waals surface area contributed by atoms with Gasteiger partial charge >= 0.3 is 0 Å². The molecule has 0 spiro atoms. The van der Waals surface area contributed by atoms with Crippen molar-refractivity contribution < 1.29 is 23.8 Å². The summed E-state index contributed by atoms with van der Waals surface area (Å²) in [5.41, 5.74) is 2.41. The molecule has 2 heterocycles. The molecule has 7 nitrogen and oxygen atoms in total. The zero-order valence-electron chi connectivity index (χ0n) is 20.0. The number of hydrogen-bond acceptors (Lipinski definition) is 6. The van der Waals surface area contributed by atoms with Gasteiger partial charge in [0.25, 0.3) is 5.91 Å². The zero-order chi connectivity index (χ0) is 24.4. The number of fused-ring (bicyclic) bond motifs is 1. The number of ketones is 1. The molecule has 0 radical (unpaired) electrons. The monoisotopic (exact) mass is 462 g/mol. The molecule has 0 saturated heterocycles. The second-order valence-electron chi connectivity index (χ2n) is 8.73. The van der Waals surface area contributed by atoms with Gasteiger partial charge in [0, 0.05) is 11.9 Å². The van der Waals surface area contributed by atoms with E-state index in [9.17, 15) is 14.7 Å². The van der Waals surface area contributed by atoms with E-state index in [2.05, 4.69) is 6.92 Å². The summed E-state index contributed by atoms with van der Waals surface area (Å²) in [4.78, 5) is 30.4. The molecule has 0 bridgehead atoms. The van der Waals surface area contributed by atoms with Crippen LogP contribution in [0.15, 0.2) is 64.3 Å². The number of ether oxygens (including phenoxy) is 1. The van der Waals surface area contributed by atoms with Gasteiger partial charge in [0.1, 0.15) is 0 Å². The maximum Gasteiger partial charge on any atom is 0.290 e. The first-order valence-electron chi connectivity index (χ1n) is 11.4. The predicted molar refractivity (Wildman–Crippen MR) is 130 cm³/mol. The second kappa shape index (κ2) is 9.73. The van der Waals surface area contributed by atoms with Gasteiger partial charge in [-0.25, -0.2) is 0 Å². The number of amides is 1. The molecular weight excluding hydrogens is 432 g/mol. The van der Waals surface area contributed by atoms with Crippen LogP contribution in [-0.2, 0) is 11.2 Å². The van der Waals surface area contributed by atoms with Crippen LogP contribution >= 0.6 is 0 Å². The first kappa shape index (κ1) is 23.6. The van der Waals surface area contributed by atoms with Gasteiger partial charge in [0.05, 0.1) is 18.7 Å². The van der Waals surface area contributed by atoms with Crippen LogP contribution < -0.4 is 4.74 Å². The Morgan fingerprint density at radius 2 is 1.91 bits per heavy atom. The van der Waals surface area contributed by atoms with Gasteiger partial charge in [0.15, 0.2) is 22.9 Å². The van der Waals surface area contributed by atoms with Gasteiger partial charge in [-0.15, -0.1) is 0 Å². The van der Waals surface area contributed by atoms with Crippen LogP contribution in [0.1, 0.15) is 41.1 Å². The average molecular weight is 463 g/mol. The van der Waals surface area contributed by atoms with Crippen LogP contribution in [0.25, 0.3) is 11.0 Å². The van der Waals surface area contributed by atoms with Crippen molar-refractivity contribution >= 4 is 22.7 Å². The average Bonchev–Trinajstić information content (AvgIpc) is 3.38. The number of aryl methyl sites for hydroxylation is 1. The van der Waals surface area contributed by atoms with Crippen LogP contribution in [0, 0.1) is 0 Å². The number of rotatable bonds is 9. The van der Waals surface area contributed by atoms with Gasteiger partial charge in [-0.2, -0.15) is 0 Å². The standard InChI is InChI=1S/C27H30N2O5/c1-5-17-10-12-18(13-11-17)23-22(25(31)27(32)29(23)15-7-14-28(2)3)24(30)21-16-19-8-6-9-20(33-4)26(19)34-21/h6,8-13,16,23,31H,5,7,14-15H2,1-4H3. The van der Waals surface area contributed by atoms with E-state index in [1.54, 1.807) is 17.0 Å². The maximum atomic E-state index is 13.7. The van der Waals surface area contributed by atoms with Crippen molar-refractivity contribution in [1.29, 1.82) is 0 Å². The largest absolute Gasteiger partial charge is 0.503 e. The molecule has 178 valence electrons. The predicted octanol–water partition coefficient (Wildman–Crippen LogP) is 4.53. The lowest BCUT2D eigenvalue weighted by Crippen LogP contribution is -2.33. The van der Waals surface area contributed by atoms with Crippen molar-refractivity contribution in [3.05, 3.63) is 76.8 Å². The first-order valence-corrected chi connectivity index (χ1v) is 11.4. The Morgan fingerprint density at radius 3 is 2.56 bits per heavy atom. The number of methoxy groups -OCH3 is 1. The number of para-hydroxylation sites is 1. The zero-order valence-corrected chi connectivity index (χ0v) is 20.0. The SMILES string of the molecule is CCc1ccc(C2C(C(=O)c3cc4cccc(OC)c4o3)=C(O)C(=O)N2CCCN(C)C)cc1. The van der Waals surface area contributed by atoms with Crippen LogP contribution in [-0.4, -0.2) is 60.9 Å². The van der Waals surface area contributed by atoms with Crippen molar-refractivity contribution in [2.75, 3.05) is 34.3 Å². The van der Waals surface area contributed by atoms with Gasteiger partial charge in [-0.3, -0.25) is 9.59 Å². The summed E-state index contributed by atoms with van der Waals surface area (Å²) in [6, 6.07) is 14.1. The lowest BCUT2D eigenvalue weighted by Gasteiger charge is -2.27. The Hall–Kier alpha value is -3.58. The topological polar surface area (TPSA) is 83.2 Å². The van der Waals surface area contributed by atoms with Crippen LogP contribution in [0.4, 0.5) is 0 Å². The normalized spacial score (nSPS) is 16.2. The Balaban J connectivity index is 1.76. The van der Waals surface area contributed by atoms with E-state index in [0.29, 0.717) is 29.7 Å². The number of nitrogens with zero attached hydrogens (tertiary/aromatic N) is 2. The molecule has 34 heavy (non-hydrogen) atoms. The summed E-state index contributed by atoms with van der Waals surface area (Å²) < 4.78 is 11.2. The molecule has 7 heteroatoms. The molecule has 0 aliphatic carbocycles. The van der Waals surface area contributed by atoms with E-state index in [0.717, 1.165) is 24.1 Å². The lowest BCUT2D eigenvalue weighted by molar-refractivity contribution is -0.129. The van der Waals surface area contributed by atoms with Crippen LogP contribution in [0.5, 0.6) is 5.75 Å². The van der Waals surface area contributed by atoms with Crippen molar-refractivity contribution in [1.82, 2.24) is 9.80 Å². The van der Waals surface area contributed by atoms with Crippen molar-refractivity contribution in [3.63, 3.8) is 0 Å². The Bertz CT molecular complexity index is 1240. The minimum atomic E-state index is -0.692. The first-order chi connectivity index (χ1) is 16.3. The Labute approximate surface area is 199 Å². The fourth-order valence-electron chi connectivity index (χ4n) is 4.40. The minimum Gasteiger partial charge on any atom is -0.503 e. The molecule has 4 rings (SSSR count). The quantitative estimate of drug-likeness (QED) is 0.471. The Kier molecular flexibility index (Phi) is 6.75. The summed E-state index contributed by atoms with van der Waals surface area (Å²) in [7, 11) is 5.46. The summed E-state index contributed by atoms with van der Waals surface area (Å²) in [6.45, 7) is 3.25. The van der Waals surface area contributed by atoms with E-state index in [4.69, 9.17) is 9.15 Å². The third-order valence-corrected chi connectivity index (χ3v) is 6.21. The number of aliphatic hydroxyl groups is 1. The number of aliphatic hydroxyl groups excluding tert-OH is 1. The van der Waals surface area contributed by atoms with E-state index >= 15 is 0 Å². The van der Waals surface area contributed by atoms with E-state index in [1.807, 2.05) is 55.4 Å². The van der Waals surface area contributed by atoms with Crippen LogP contribution in [0.3, 0.4) is 0 Å². The summed E-state index contributed by atoms with van der Waals surface area (Å²) >= 11 is 0. The fourth-order valence-corrected chi connectivity index (χ4v) is 4.40. The number of Topliss-reactive ketones (excluding diaryl/α,β-unsaturated/α-hetero) is 1. The van der Waals surface area contributed by atoms with Gasteiger partial charge in [0.2, 0.25) is 5.78 Å². The second-order valence-corrected chi connectivity index (χ2v) is 8.73. The summed E-state index contributed by atoms with van der Waals surface area (Å²) in [5.74, 6) is -1.01. The van der Waals surface area contributed by atoms with Gasteiger partial charge in [-0.05, 0) is 56.7 Å². The Morgan fingerprint density at radius 1 is 1.18 bits per heavy atom. The third-order valence-electron chi connectivity index (χ3n) is 6.21. The third kappa shape index (κ3) is 4.31. The van der Waals surface area contributed by atoms with Crippen LogP contribution in [0.2, 0.25) is 0 Å². The highest BCUT2D eigenvalue weighted by Crippen LogP contribution is 2.40. The summed E-state index contributed by atoms with van der Waals surface area (Å²) in [6.07, 6.45) is 1.59. The molecular formula is C27H30N2O5. The molecule has 1 N–H and O–H groups in total. The number of carbonyl (C=O) groups excluding carboxylic acids is 2. The number of carbonyl (C=O) groups is 2. The van der Waals surface area contributed by atoms with Crippen molar-refractivity contribution in [2.24, 2.45) is 0 Å². The number of hydrogen-bond donors (Lipinski definition) is 1. The maximum absolute atomic E-state index is 13.7. The molecule has 1 amide bonds. The molecule has 1 aliphatic heterocycles. The highest BCUT2D eigenvalue weighted by Gasteiger charge is 2.44. The van der Waals surface area contributed by atoms with Crippen molar-refractivity contribution in [2.45, 2.75) is 25.8 Å². The molecule has 0 fully saturated rings. The molecule has 1 aromatic heterocycles. The number of benzene rings is 2. The van der Waals surface area contributed by atoms with E-state index < -0.39 is 23.5 Å². The summed E-state index contributed by atoms with van der Waals surface area (Å²) in [5, 5.41) is 11.6. The molecule has 3 aromatic rings. The van der Waals surface area contributed by atoms with E-state index in [-0.39, 0.29) is 11.3 Å². The highest BCUT2D eigenvalue weighted by molar-refractivity contribution is 6.16. The molecule has 1 atom stereocenters.